The number of nitrogens with zero attached hydrogens (tertiary/aromatic N) is 3. The second-order valence-electron chi connectivity index (χ2n) is 6.95. The molecule has 11 heteroatoms. The molecule has 1 amide bonds. The van der Waals surface area contributed by atoms with Gasteiger partial charge in [-0.2, -0.15) is 0 Å². The summed E-state index contributed by atoms with van der Waals surface area (Å²) >= 11 is 0. The molecule has 1 N–H and O–H groups in total. The summed E-state index contributed by atoms with van der Waals surface area (Å²) in [6.07, 6.45) is 0. The van der Waals surface area contributed by atoms with Gasteiger partial charge in [-0.05, 0) is 30.3 Å². The average Bonchev–Trinajstić information content (AvgIpc) is 3.30. The average molecular weight is 438 g/mol. The molecule has 0 bridgehead atoms. The second-order valence-corrected chi connectivity index (χ2v) is 6.95. The Kier molecular flexibility index (Phi) is 5.81. The molecule has 0 unspecified atom stereocenters. The number of carbonyl (C=O) groups is 1. The number of benzene rings is 2. The van der Waals surface area contributed by atoms with E-state index in [0.29, 0.717) is 32.0 Å². The minimum absolute atomic E-state index is 0.0851. The molecule has 164 valence electrons. The van der Waals surface area contributed by atoms with E-state index >= 15 is 0 Å². The first-order valence-corrected chi connectivity index (χ1v) is 9.70. The van der Waals surface area contributed by atoms with Gasteiger partial charge < -0.3 is 19.4 Å². The third-order valence-electron chi connectivity index (χ3n) is 4.98. The number of hydrogen-bond donors (Lipinski definition) is 1. The van der Waals surface area contributed by atoms with Crippen molar-refractivity contribution >= 4 is 28.7 Å². The van der Waals surface area contributed by atoms with E-state index in [1.165, 1.54) is 36.4 Å². The summed E-state index contributed by atoms with van der Waals surface area (Å²) in [5.74, 6) is -0.558. The molecule has 32 heavy (non-hydrogen) atoms. The maximum Gasteiger partial charge on any atom is 0.294 e. The first kappa shape index (κ1) is 21.0. The van der Waals surface area contributed by atoms with Gasteiger partial charge in [-0.3, -0.25) is 25.0 Å². The number of carbonyl (C=O) groups excluding carboxylic acids is 1. The molecule has 0 aliphatic carbocycles. The van der Waals surface area contributed by atoms with Gasteiger partial charge in [0.2, 0.25) is 0 Å². The van der Waals surface area contributed by atoms with E-state index in [-0.39, 0.29) is 34.1 Å². The van der Waals surface area contributed by atoms with Crippen LogP contribution < -0.4 is 10.2 Å². The third kappa shape index (κ3) is 4.27. The number of nitrogens with one attached hydrogen (secondary N) is 1. The summed E-state index contributed by atoms with van der Waals surface area (Å²) in [5.41, 5.74) is 0.630. The largest absolute Gasteiger partial charge is 0.451 e. The quantitative estimate of drug-likeness (QED) is 0.452. The maximum absolute atomic E-state index is 12.6. The maximum atomic E-state index is 12.6. The van der Waals surface area contributed by atoms with Crippen molar-refractivity contribution in [2.75, 3.05) is 36.5 Å². The molecule has 0 spiro atoms. The summed E-state index contributed by atoms with van der Waals surface area (Å²) in [6, 6.07) is 13.3. The molecule has 0 radical (unpaired) electrons. The van der Waals surface area contributed by atoms with Gasteiger partial charge in [0.25, 0.3) is 17.3 Å². The monoisotopic (exact) mass is 438 g/mol. The molecule has 0 atom stereocenters. The number of hydrogen-bond acceptors (Lipinski definition) is 8. The summed E-state index contributed by atoms with van der Waals surface area (Å²) in [6.45, 7) is 2.03. The summed E-state index contributed by atoms with van der Waals surface area (Å²) in [5, 5.41) is 25.4. The Morgan fingerprint density at radius 1 is 0.938 bits per heavy atom. The number of amides is 1. The van der Waals surface area contributed by atoms with Crippen molar-refractivity contribution in [3.63, 3.8) is 0 Å². The zero-order chi connectivity index (χ0) is 22.7. The second kappa shape index (κ2) is 8.86. The number of para-hydroxylation sites is 1. The molecular weight excluding hydrogens is 420 g/mol. The molecule has 1 fully saturated rings. The minimum atomic E-state index is -0.636. The number of nitro groups is 2. The molecule has 11 nitrogen and oxygen atoms in total. The van der Waals surface area contributed by atoms with Crippen molar-refractivity contribution in [1.29, 1.82) is 0 Å². The van der Waals surface area contributed by atoms with Gasteiger partial charge in [0.15, 0.2) is 5.76 Å². The lowest BCUT2D eigenvalue weighted by Gasteiger charge is -2.28. The molecule has 2 aromatic carbocycles. The highest BCUT2D eigenvalue weighted by molar-refractivity contribution is 6.03. The van der Waals surface area contributed by atoms with E-state index in [1.54, 1.807) is 18.2 Å². The molecule has 1 saturated heterocycles. The summed E-state index contributed by atoms with van der Waals surface area (Å²) in [4.78, 5) is 36.2. The normalized spacial score (nSPS) is 13.6. The van der Waals surface area contributed by atoms with E-state index in [0.717, 1.165) is 0 Å². The Bertz CT molecular complexity index is 1180. The van der Waals surface area contributed by atoms with Gasteiger partial charge in [-0.1, -0.05) is 12.1 Å². The van der Waals surface area contributed by atoms with Crippen LogP contribution in [0.2, 0.25) is 0 Å². The van der Waals surface area contributed by atoms with Gasteiger partial charge in [0.1, 0.15) is 11.4 Å². The number of furan rings is 1. The highest BCUT2D eigenvalue weighted by atomic mass is 16.6. The molecule has 3 aromatic rings. The third-order valence-corrected chi connectivity index (χ3v) is 4.98. The van der Waals surface area contributed by atoms with E-state index in [9.17, 15) is 25.0 Å². The van der Waals surface area contributed by atoms with E-state index < -0.39 is 15.8 Å². The number of rotatable bonds is 6. The first-order chi connectivity index (χ1) is 15.4. The van der Waals surface area contributed by atoms with E-state index in [1.807, 2.05) is 4.90 Å². The number of anilines is 2. The topological polar surface area (TPSA) is 141 Å². The van der Waals surface area contributed by atoms with Crippen LogP contribution in [0.3, 0.4) is 0 Å². The van der Waals surface area contributed by atoms with Crippen LogP contribution in [-0.2, 0) is 4.74 Å². The standard InChI is InChI=1S/C21H18N4O7/c26-21(20-8-7-19(32-20)15-3-1-2-4-16(15)24(27)28)22-14-5-6-17(18(13-14)25(29)30)23-9-11-31-12-10-23/h1-8,13H,9-12H2,(H,22,26). The lowest BCUT2D eigenvalue weighted by molar-refractivity contribution is -0.384. The molecule has 4 rings (SSSR count). The molecule has 1 aromatic heterocycles. The Morgan fingerprint density at radius 2 is 1.66 bits per heavy atom. The van der Waals surface area contributed by atoms with Crippen molar-refractivity contribution < 1.29 is 23.8 Å². The van der Waals surface area contributed by atoms with Crippen molar-refractivity contribution in [3.05, 3.63) is 80.6 Å². The van der Waals surface area contributed by atoms with Crippen LogP contribution in [0, 0.1) is 20.2 Å². The van der Waals surface area contributed by atoms with Crippen molar-refractivity contribution in [2.45, 2.75) is 0 Å². The molecular formula is C21H18N4O7. The predicted octanol–water partition coefficient (Wildman–Crippen LogP) is 3.85. The van der Waals surface area contributed by atoms with E-state index in [4.69, 9.17) is 9.15 Å². The van der Waals surface area contributed by atoms with Gasteiger partial charge in [0, 0.05) is 30.9 Å². The highest BCUT2D eigenvalue weighted by Gasteiger charge is 2.23. The Hall–Kier alpha value is -4.25. The van der Waals surface area contributed by atoms with Gasteiger partial charge in [0.05, 0.1) is 28.6 Å². The molecule has 0 saturated carbocycles. The lowest BCUT2D eigenvalue weighted by atomic mass is 10.1. The van der Waals surface area contributed by atoms with Crippen molar-refractivity contribution in [2.24, 2.45) is 0 Å². The van der Waals surface area contributed by atoms with Crippen LogP contribution >= 0.6 is 0 Å². The SMILES string of the molecule is O=C(Nc1ccc(N2CCOCC2)c([N+](=O)[O-])c1)c1ccc(-c2ccccc2[N+](=O)[O-])o1. The first-order valence-electron chi connectivity index (χ1n) is 9.70. The Morgan fingerprint density at radius 3 is 2.38 bits per heavy atom. The highest BCUT2D eigenvalue weighted by Crippen LogP contribution is 2.33. The van der Waals surface area contributed by atoms with Crippen LogP contribution in [0.15, 0.2) is 59.0 Å². The Labute approximate surface area is 181 Å². The lowest BCUT2D eigenvalue weighted by Crippen LogP contribution is -2.36. The van der Waals surface area contributed by atoms with Crippen LogP contribution in [0.1, 0.15) is 10.6 Å². The Balaban J connectivity index is 1.55. The summed E-state index contributed by atoms with van der Waals surface area (Å²) in [7, 11) is 0. The number of ether oxygens (including phenoxy) is 1. The van der Waals surface area contributed by atoms with Crippen LogP contribution in [0.4, 0.5) is 22.7 Å². The van der Waals surface area contributed by atoms with Crippen molar-refractivity contribution in [3.8, 4) is 11.3 Å². The smallest absolute Gasteiger partial charge is 0.294 e. The van der Waals surface area contributed by atoms with Crippen LogP contribution in [0.25, 0.3) is 11.3 Å². The zero-order valence-corrected chi connectivity index (χ0v) is 16.7. The number of morpholine rings is 1. The fraction of sp³-hybridized carbons (Fsp3) is 0.190. The van der Waals surface area contributed by atoms with E-state index in [2.05, 4.69) is 5.32 Å². The van der Waals surface area contributed by atoms with Crippen molar-refractivity contribution in [1.82, 2.24) is 0 Å². The summed E-state index contributed by atoms with van der Waals surface area (Å²) < 4.78 is 10.8. The fourth-order valence-corrected chi connectivity index (χ4v) is 3.46. The van der Waals surface area contributed by atoms with Gasteiger partial charge in [-0.25, -0.2) is 0 Å². The number of nitro benzene ring substituents is 2. The minimum Gasteiger partial charge on any atom is -0.451 e. The van der Waals surface area contributed by atoms with Gasteiger partial charge >= 0.3 is 0 Å². The van der Waals surface area contributed by atoms with Crippen LogP contribution in [0.5, 0.6) is 0 Å². The molecule has 1 aliphatic rings. The zero-order valence-electron chi connectivity index (χ0n) is 16.7. The fourth-order valence-electron chi connectivity index (χ4n) is 3.46. The predicted molar refractivity (Wildman–Crippen MR) is 115 cm³/mol. The molecule has 1 aliphatic heterocycles. The molecule has 2 heterocycles. The van der Waals surface area contributed by atoms with Gasteiger partial charge in [-0.15, -0.1) is 0 Å². The van der Waals surface area contributed by atoms with Crippen LogP contribution in [-0.4, -0.2) is 42.1 Å².